The lowest BCUT2D eigenvalue weighted by Crippen LogP contribution is -2.41. The Bertz CT molecular complexity index is 950. The van der Waals surface area contributed by atoms with E-state index in [0.717, 1.165) is 60.9 Å². The van der Waals surface area contributed by atoms with Crippen LogP contribution in [0.15, 0.2) is 12.3 Å². The molecule has 0 aliphatic carbocycles. The third-order valence-corrected chi connectivity index (χ3v) is 6.34. The first-order valence-corrected chi connectivity index (χ1v) is 10.9. The molecule has 0 radical (unpaired) electrons. The Morgan fingerprint density at radius 1 is 1.26 bits per heavy atom. The summed E-state index contributed by atoms with van der Waals surface area (Å²) in [7, 11) is 7.76. The number of nitrogens with one attached hydrogen (secondary N) is 1. The van der Waals surface area contributed by atoms with E-state index in [1.165, 1.54) is 5.69 Å². The molecule has 0 spiro atoms. The molecule has 4 rings (SSSR count). The molecule has 9 heteroatoms. The number of amides is 2. The normalized spacial score (nSPS) is 16.7. The van der Waals surface area contributed by atoms with Crippen LogP contribution in [0.5, 0.6) is 0 Å². The predicted molar refractivity (Wildman–Crippen MR) is 121 cm³/mol. The van der Waals surface area contributed by atoms with E-state index in [1.54, 1.807) is 7.05 Å². The summed E-state index contributed by atoms with van der Waals surface area (Å²) in [5.74, 6) is 0.894. The molecule has 1 fully saturated rings. The third kappa shape index (κ3) is 4.06. The summed E-state index contributed by atoms with van der Waals surface area (Å²) >= 11 is 0. The second-order valence-electron chi connectivity index (χ2n) is 8.52. The Labute approximate surface area is 184 Å². The number of pyridine rings is 1. The van der Waals surface area contributed by atoms with Gasteiger partial charge in [-0.1, -0.05) is 0 Å². The largest absolute Gasteiger partial charge is 0.381 e. The van der Waals surface area contributed by atoms with Gasteiger partial charge in [-0.2, -0.15) is 5.10 Å². The first kappa shape index (κ1) is 21.4. The van der Waals surface area contributed by atoms with Crippen molar-refractivity contribution in [1.82, 2.24) is 25.0 Å². The Kier molecular flexibility index (Phi) is 6.04. The third-order valence-electron chi connectivity index (χ3n) is 6.34. The monoisotopic (exact) mass is 427 g/mol. The molecule has 9 nitrogen and oxygen atoms in total. The number of aryl methyl sites for hydroxylation is 1. The van der Waals surface area contributed by atoms with Gasteiger partial charge in [0.2, 0.25) is 0 Å². The Morgan fingerprint density at radius 3 is 2.68 bits per heavy atom. The summed E-state index contributed by atoms with van der Waals surface area (Å²) in [4.78, 5) is 23.0. The van der Waals surface area contributed by atoms with Gasteiger partial charge in [0.15, 0.2) is 5.82 Å². The number of ether oxygens (including phenoxy) is 1. The number of hydrogen-bond donors (Lipinski definition) is 1. The van der Waals surface area contributed by atoms with Crippen LogP contribution in [0.4, 0.5) is 22.0 Å². The van der Waals surface area contributed by atoms with E-state index in [4.69, 9.17) is 9.84 Å². The topological polar surface area (TPSA) is 78.8 Å². The molecule has 0 unspecified atom stereocenters. The first-order chi connectivity index (χ1) is 14.9. The summed E-state index contributed by atoms with van der Waals surface area (Å²) in [6.07, 6.45) is 4.62. The Morgan fingerprint density at radius 2 is 2.00 bits per heavy atom. The smallest absolute Gasteiger partial charge is 0.317 e. The van der Waals surface area contributed by atoms with Gasteiger partial charge < -0.3 is 24.8 Å². The highest BCUT2D eigenvalue weighted by atomic mass is 16.5. The number of nitrogens with zero attached hydrogens (tertiary/aromatic N) is 6. The summed E-state index contributed by atoms with van der Waals surface area (Å²) in [6.45, 7) is 4.80. The second kappa shape index (κ2) is 8.74. The average molecular weight is 428 g/mol. The molecule has 2 aliphatic rings. The van der Waals surface area contributed by atoms with Crippen LogP contribution in [-0.4, -0.2) is 73.6 Å². The van der Waals surface area contributed by atoms with Crippen LogP contribution in [0, 0.1) is 6.92 Å². The van der Waals surface area contributed by atoms with E-state index < -0.39 is 0 Å². The van der Waals surface area contributed by atoms with Crippen molar-refractivity contribution in [2.24, 2.45) is 0 Å². The van der Waals surface area contributed by atoms with E-state index >= 15 is 0 Å². The summed E-state index contributed by atoms with van der Waals surface area (Å²) in [6, 6.07) is 2.43. The van der Waals surface area contributed by atoms with Crippen LogP contribution in [0.2, 0.25) is 0 Å². The number of anilines is 3. The van der Waals surface area contributed by atoms with E-state index in [9.17, 15) is 4.79 Å². The lowest BCUT2D eigenvalue weighted by atomic mass is 10.0. The van der Waals surface area contributed by atoms with Crippen LogP contribution in [0.25, 0.3) is 0 Å². The van der Waals surface area contributed by atoms with Crippen LogP contribution in [0.1, 0.15) is 35.8 Å². The fourth-order valence-electron chi connectivity index (χ4n) is 4.53. The van der Waals surface area contributed by atoms with Gasteiger partial charge in [0.1, 0.15) is 0 Å². The number of urea groups is 1. The van der Waals surface area contributed by atoms with Gasteiger partial charge in [0, 0.05) is 65.6 Å². The van der Waals surface area contributed by atoms with Crippen LogP contribution < -0.4 is 15.1 Å². The van der Waals surface area contributed by atoms with Gasteiger partial charge in [-0.3, -0.25) is 9.67 Å². The summed E-state index contributed by atoms with van der Waals surface area (Å²) < 4.78 is 7.78. The number of hydrogen-bond acceptors (Lipinski definition) is 6. The predicted octanol–water partition coefficient (Wildman–Crippen LogP) is 2.47. The maximum atomic E-state index is 12.3. The van der Waals surface area contributed by atoms with Crippen molar-refractivity contribution in [3.63, 3.8) is 0 Å². The van der Waals surface area contributed by atoms with Crippen molar-refractivity contribution in [2.75, 3.05) is 57.7 Å². The fraction of sp³-hybridized carbons (Fsp3) is 0.591. The molecule has 2 aliphatic heterocycles. The Hall–Kier alpha value is -2.81. The molecule has 0 atom stereocenters. The van der Waals surface area contributed by atoms with Crippen molar-refractivity contribution < 1.29 is 9.53 Å². The zero-order chi connectivity index (χ0) is 22.1. The number of carbonyl (C=O) groups is 1. The number of aromatic nitrogens is 3. The molecule has 31 heavy (non-hydrogen) atoms. The van der Waals surface area contributed by atoms with Crippen LogP contribution in [-0.2, 0) is 17.7 Å². The SMILES string of the molecule is CNC(=O)N1CCc2c(c(N(C)c3cnc(C)c(N(C)C)c3)nn2C2CCOCC2)C1. The molecule has 4 heterocycles. The molecule has 1 saturated heterocycles. The van der Waals surface area contributed by atoms with Gasteiger partial charge in [0.05, 0.1) is 35.9 Å². The number of fused-ring (bicyclic) bond motifs is 1. The van der Waals surface area contributed by atoms with Gasteiger partial charge in [-0.05, 0) is 25.8 Å². The standard InChI is InChI=1S/C22H33N7O2/c1-15-20(26(3)4)12-17(13-24-15)27(5)21-18-14-28(22(30)23-2)9-6-19(18)29(25-21)16-7-10-31-11-8-16/h12-13,16H,6-11,14H2,1-5H3,(H,23,30). The fourth-order valence-corrected chi connectivity index (χ4v) is 4.53. The van der Waals surface area contributed by atoms with Gasteiger partial charge >= 0.3 is 6.03 Å². The van der Waals surface area contributed by atoms with E-state index in [-0.39, 0.29) is 6.03 Å². The number of carbonyl (C=O) groups excluding carboxylic acids is 1. The highest BCUT2D eigenvalue weighted by molar-refractivity contribution is 5.75. The summed E-state index contributed by atoms with van der Waals surface area (Å²) in [5, 5.41) is 7.85. The van der Waals surface area contributed by atoms with Crippen molar-refractivity contribution >= 4 is 23.2 Å². The molecule has 0 bridgehead atoms. The van der Waals surface area contributed by atoms with Crippen molar-refractivity contribution in [1.29, 1.82) is 0 Å². The molecule has 0 aromatic carbocycles. The summed E-state index contributed by atoms with van der Waals surface area (Å²) in [5.41, 5.74) is 5.40. The first-order valence-electron chi connectivity index (χ1n) is 10.9. The minimum atomic E-state index is -0.0510. The molecule has 1 N–H and O–H groups in total. The van der Waals surface area contributed by atoms with Crippen LogP contribution >= 0.6 is 0 Å². The minimum Gasteiger partial charge on any atom is -0.381 e. The van der Waals surface area contributed by atoms with Gasteiger partial charge in [-0.25, -0.2) is 4.79 Å². The zero-order valence-corrected chi connectivity index (χ0v) is 19.2. The molecular formula is C22H33N7O2. The lowest BCUT2D eigenvalue weighted by molar-refractivity contribution is 0.0651. The lowest BCUT2D eigenvalue weighted by Gasteiger charge is -2.30. The number of rotatable bonds is 4. The zero-order valence-electron chi connectivity index (χ0n) is 19.2. The van der Waals surface area contributed by atoms with Crippen molar-refractivity contribution in [2.45, 2.75) is 38.8 Å². The highest BCUT2D eigenvalue weighted by Gasteiger charge is 2.32. The van der Waals surface area contributed by atoms with Gasteiger partial charge in [-0.15, -0.1) is 0 Å². The molecular weight excluding hydrogens is 394 g/mol. The quantitative estimate of drug-likeness (QED) is 0.808. The maximum Gasteiger partial charge on any atom is 0.317 e. The second-order valence-corrected chi connectivity index (χ2v) is 8.52. The molecule has 0 saturated carbocycles. The average Bonchev–Trinajstić information content (AvgIpc) is 3.17. The van der Waals surface area contributed by atoms with E-state index in [1.807, 2.05) is 39.2 Å². The molecule has 2 amide bonds. The Balaban J connectivity index is 1.75. The minimum absolute atomic E-state index is 0.0510. The maximum absolute atomic E-state index is 12.3. The van der Waals surface area contributed by atoms with Crippen LogP contribution in [0.3, 0.4) is 0 Å². The molecule has 2 aromatic rings. The van der Waals surface area contributed by atoms with E-state index in [0.29, 0.717) is 19.1 Å². The molecule has 2 aromatic heterocycles. The van der Waals surface area contributed by atoms with Crippen molar-refractivity contribution in [3.05, 3.63) is 29.2 Å². The van der Waals surface area contributed by atoms with Crippen molar-refractivity contribution in [3.8, 4) is 0 Å². The van der Waals surface area contributed by atoms with E-state index in [2.05, 4.69) is 30.8 Å². The van der Waals surface area contributed by atoms with Gasteiger partial charge in [0.25, 0.3) is 0 Å². The molecule has 168 valence electrons. The highest BCUT2D eigenvalue weighted by Crippen LogP contribution is 2.36.